The predicted octanol–water partition coefficient (Wildman–Crippen LogP) is 3.08. The summed E-state index contributed by atoms with van der Waals surface area (Å²) in [6, 6.07) is 13.4. The molecule has 29 heavy (non-hydrogen) atoms. The van der Waals surface area contributed by atoms with E-state index >= 15 is 0 Å². The zero-order valence-corrected chi connectivity index (χ0v) is 16.7. The lowest BCUT2D eigenvalue weighted by atomic mass is 10.1. The highest BCUT2D eigenvalue weighted by Crippen LogP contribution is 2.14. The molecule has 1 N–H and O–H groups in total. The van der Waals surface area contributed by atoms with Crippen LogP contribution < -0.4 is 10.9 Å². The normalized spacial score (nSPS) is 11.3. The molecule has 1 heterocycles. The zero-order chi connectivity index (χ0) is 21.2. The summed E-state index contributed by atoms with van der Waals surface area (Å²) in [5.41, 5.74) is 1.42. The summed E-state index contributed by atoms with van der Waals surface area (Å²) in [7, 11) is -3.16. The average Bonchev–Trinajstić information content (AvgIpc) is 2.63. The molecule has 1 aromatic heterocycles. The van der Waals surface area contributed by atoms with Crippen LogP contribution in [0.3, 0.4) is 0 Å². The molecule has 3 rings (SSSR count). The van der Waals surface area contributed by atoms with Gasteiger partial charge >= 0.3 is 0 Å². The van der Waals surface area contributed by atoms with Gasteiger partial charge in [0.25, 0.3) is 11.5 Å². The van der Waals surface area contributed by atoms with Gasteiger partial charge in [0, 0.05) is 23.8 Å². The van der Waals surface area contributed by atoms with Gasteiger partial charge < -0.3 is 5.32 Å². The molecule has 0 radical (unpaired) electrons. The number of halogens is 1. The Balaban J connectivity index is 1.88. The Kier molecular flexibility index (Phi) is 5.65. The number of aryl methyl sites for hydroxylation is 1. The van der Waals surface area contributed by atoms with Gasteiger partial charge in [-0.2, -0.15) is 0 Å². The molecule has 0 saturated heterocycles. The molecule has 0 aliphatic heterocycles. The van der Waals surface area contributed by atoms with Gasteiger partial charge in [0.1, 0.15) is 11.4 Å². The first-order valence-electron chi connectivity index (χ1n) is 8.70. The first-order valence-corrected chi connectivity index (χ1v) is 10.8. The van der Waals surface area contributed by atoms with E-state index in [0.29, 0.717) is 22.5 Å². The first-order chi connectivity index (χ1) is 13.6. The lowest BCUT2D eigenvalue weighted by molar-refractivity contribution is 0.102. The van der Waals surface area contributed by atoms with Gasteiger partial charge in [0.15, 0.2) is 9.84 Å². The molecule has 0 bridgehead atoms. The van der Waals surface area contributed by atoms with Gasteiger partial charge in [-0.15, -0.1) is 0 Å². The summed E-state index contributed by atoms with van der Waals surface area (Å²) < 4.78 is 37.2. The van der Waals surface area contributed by atoms with Crippen molar-refractivity contribution in [2.75, 3.05) is 11.6 Å². The van der Waals surface area contributed by atoms with Gasteiger partial charge in [-0.1, -0.05) is 12.1 Å². The fourth-order valence-electron chi connectivity index (χ4n) is 2.89. The number of benzene rings is 2. The second-order valence-electron chi connectivity index (χ2n) is 6.75. The minimum absolute atomic E-state index is 0.0305. The Labute approximate surface area is 167 Å². The van der Waals surface area contributed by atoms with Crippen molar-refractivity contribution in [3.05, 3.63) is 93.7 Å². The van der Waals surface area contributed by atoms with E-state index in [1.807, 2.05) is 0 Å². The SMILES string of the molecule is Cc1ccn(-c2ccc(F)cc2)c(=O)c1C(=O)Nc1ccc(CS(C)(=O)=O)cc1. The van der Waals surface area contributed by atoms with Crippen LogP contribution in [0.1, 0.15) is 21.5 Å². The number of carbonyl (C=O) groups excluding carboxylic acids is 1. The van der Waals surface area contributed by atoms with E-state index in [9.17, 15) is 22.4 Å². The van der Waals surface area contributed by atoms with Crippen molar-refractivity contribution in [3.63, 3.8) is 0 Å². The van der Waals surface area contributed by atoms with Gasteiger partial charge in [-0.05, 0) is 60.5 Å². The van der Waals surface area contributed by atoms with E-state index in [2.05, 4.69) is 5.32 Å². The lowest BCUT2D eigenvalue weighted by Crippen LogP contribution is -2.29. The Bertz CT molecular complexity index is 1220. The van der Waals surface area contributed by atoms with Crippen LogP contribution in [0.25, 0.3) is 5.69 Å². The minimum Gasteiger partial charge on any atom is -0.322 e. The molecule has 0 saturated carbocycles. The highest BCUT2D eigenvalue weighted by Gasteiger charge is 2.17. The molecule has 150 valence electrons. The van der Waals surface area contributed by atoms with Gasteiger partial charge in [0.05, 0.1) is 5.75 Å². The second kappa shape index (κ2) is 8.00. The number of pyridine rings is 1. The van der Waals surface area contributed by atoms with Crippen molar-refractivity contribution < 1.29 is 17.6 Å². The van der Waals surface area contributed by atoms with Crippen molar-refractivity contribution in [2.45, 2.75) is 12.7 Å². The third kappa shape index (κ3) is 4.97. The van der Waals surface area contributed by atoms with Crippen LogP contribution in [-0.2, 0) is 15.6 Å². The van der Waals surface area contributed by atoms with E-state index in [0.717, 1.165) is 6.26 Å². The quantitative estimate of drug-likeness (QED) is 0.695. The maximum absolute atomic E-state index is 13.2. The molecule has 0 spiro atoms. The average molecular weight is 414 g/mol. The zero-order valence-electron chi connectivity index (χ0n) is 15.8. The first kappa shape index (κ1) is 20.5. The number of nitrogens with one attached hydrogen (secondary N) is 1. The summed E-state index contributed by atoms with van der Waals surface area (Å²) in [5, 5.41) is 2.66. The Morgan fingerprint density at radius 3 is 2.24 bits per heavy atom. The topological polar surface area (TPSA) is 85.2 Å². The van der Waals surface area contributed by atoms with Crippen LogP contribution >= 0.6 is 0 Å². The largest absolute Gasteiger partial charge is 0.322 e. The number of rotatable bonds is 5. The van der Waals surface area contributed by atoms with Gasteiger partial charge in [0.2, 0.25) is 0 Å². The van der Waals surface area contributed by atoms with Crippen LogP contribution in [0, 0.1) is 12.7 Å². The molecule has 0 aliphatic rings. The molecule has 6 nitrogen and oxygen atoms in total. The molecule has 0 aliphatic carbocycles. The fraction of sp³-hybridized carbons (Fsp3) is 0.143. The van der Waals surface area contributed by atoms with E-state index < -0.39 is 27.1 Å². The standard InChI is InChI=1S/C21H19FN2O4S/c1-14-11-12-24(18-9-5-16(22)6-10-18)21(26)19(14)20(25)23-17-7-3-15(4-8-17)13-29(2,27)28/h3-12H,13H2,1-2H3,(H,23,25). The van der Waals surface area contributed by atoms with Crippen molar-refractivity contribution in [1.29, 1.82) is 0 Å². The number of sulfone groups is 1. The van der Waals surface area contributed by atoms with E-state index in [1.54, 1.807) is 37.3 Å². The van der Waals surface area contributed by atoms with Crippen molar-refractivity contribution in [2.24, 2.45) is 0 Å². The maximum atomic E-state index is 13.2. The molecule has 0 atom stereocenters. The van der Waals surface area contributed by atoms with Crippen LogP contribution in [0.5, 0.6) is 0 Å². The monoisotopic (exact) mass is 414 g/mol. The summed E-state index contributed by atoms with van der Waals surface area (Å²) in [4.78, 5) is 25.6. The smallest absolute Gasteiger partial charge is 0.268 e. The number of aromatic nitrogens is 1. The second-order valence-corrected chi connectivity index (χ2v) is 8.89. The molecule has 2 aromatic carbocycles. The molecular formula is C21H19FN2O4S. The van der Waals surface area contributed by atoms with E-state index in [-0.39, 0.29) is 11.3 Å². The summed E-state index contributed by atoms with van der Waals surface area (Å²) in [6.45, 7) is 1.65. The molecular weight excluding hydrogens is 395 g/mol. The number of amides is 1. The molecule has 0 unspecified atom stereocenters. The molecule has 3 aromatic rings. The Morgan fingerprint density at radius 2 is 1.66 bits per heavy atom. The van der Waals surface area contributed by atoms with Crippen molar-refractivity contribution in [3.8, 4) is 5.69 Å². The number of nitrogens with zero attached hydrogens (tertiary/aromatic N) is 1. The summed E-state index contributed by atoms with van der Waals surface area (Å²) in [6.07, 6.45) is 2.68. The van der Waals surface area contributed by atoms with E-state index in [1.165, 1.54) is 35.0 Å². The number of anilines is 1. The highest BCUT2D eigenvalue weighted by molar-refractivity contribution is 7.89. The van der Waals surface area contributed by atoms with Gasteiger partial charge in [-0.25, -0.2) is 12.8 Å². The molecule has 8 heteroatoms. The number of carbonyl (C=O) groups is 1. The van der Waals surface area contributed by atoms with Crippen LogP contribution in [-0.4, -0.2) is 25.1 Å². The van der Waals surface area contributed by atoms with Crippen LogP contribution in [0.2, 0.25) is 0 Å². The predicted molar refractivity (Wildman–Crippen MR) is 110 cm³/mol. The fourth-order valence-corrected chi connectivity index (χ4v) is 3.69. The maximum Gasteiger partial charge on any atom is 0.268 e. The lowest BCUT2D eigenvalue weighted by Gasteiger charge is -2.11. The number of hydrogen-bond donors (Lipinski definition) is 1. The third-order valence-corrected chi connectivity index (χ3v) is 5.13. The van der Waals surface area contributed by atoms with Crippen LogP contribution in [0.15, 0.2) is 65.6 Å². The highest BCUT2D eigenvalue weighted by atomic mass is 32.2. The molecule has 0 fully saturated rings. The third-order valence-electron chi connectivity index (χ3n) is 4.27. The van der Waals surface area contributed by atoms with Gasteiger partial charge in [-0.3, -0.25) is 14.2 Å². The Hall–Kier alpha value is -3.26. The van der Waals surface area contributed by atoms with Crippen molar-refractivity contribution >= 4 is 21.4 Å². The Morgan fingerprint density at radius 1 is 1.03 bits per heavy atom. The summed E-state index contributed by atoms with van der Waals surface area (Å²) >= 11 is 0. The van der Waals surface area contributed by atoms with Crippen LogP contribution in [0.4, 0.5) is 10.1 Å². The van der Waals surface area contributed by atoms with E-state index in [4.69, 9.17) is 0 Å². The molecule has 1 amide bonds. The van der Waals surface area contributed by atoms with Crippen molar-refractivity contribution in [1.82, 2.24) is 4.57 Å². The summed E-state index contributed by atoms with van der Waals surface area (Å²) in [5.74, 6) is -1.10. The minimum atomic E-state index is -3.16. The number of hydrogen-bond acceptors (Lipinski definition) is 4.